The van der Waals surface area contributed by atoms with Gasteiger partial charge in [0.15, 0.2) is 0 Å². The fourth-order valence-corrected chi connectivity index (χ4v) is 3.36. The number of hydrogen-bond acceptors (Lipinski definition) is 2. The van der Waals surface area contributed by atoms with Crippen molar-refractivity contribution in [2.24, 2.45) is 11.1 Å². The van der Waals surface area contributed by atoms with Crippen molar-refractivity contribution in [2.75, 3.05) is 13.1 Å². The van der Waals surface area contributed by atoms with Gasteiger partial charge in [-0.2, -0.15) is 0 Å². The topological polar surface area (TPSA) is 46.3 Å². The van der Waals surface area contributed by atoms with Crippen LogP contribution in [0.25, 0.3) is 0 Å². The van der Waals surface area contributed by atoms with E-state index in [1.807, 2.05) is 11.0 Å². The van der Waals surface area contributed by atoms with Gasteiger partial charge in [0, 0.05) is 19.1 Å². The zero-order chi connectivity index (χ0) is 13.3. The van der Waals surface area contributed by atoms with Crippen LogP contribution in [-0.2, 0) is 11.2 Å². The van der Waals surface area contributed by atoms with E-state index in [1.165, 1.54) is 12.0 Å². The van der Waals surface area contributed by atoms with Gasteiger partial charge < -0.3 is 10.6 Å². The van der Waals surface area contributed by atoms with E-state index in [2.05, 4.69) is 24.3 Å². The van der Waals surface area contributed by atoms with Gasteiger partial charge in [-0.3, -0.25) is 4.79 Å². The second-order valence-electron chi connectivity index (χ2n) is 6.10. The first-order chi connectivity index (χ1) is 9.20. The summed E-state index contributed by atoms with van der Waals surface area (Å²) in [6.45, 7) is 1.59. The molecule has 0 radical (unpaired) electrons. The van der Waals surface area contributed by atoms with E-state index in [4.69, 9.17) is 5.73 Å². The fraction of sp³-hybridized carbons (Fsp3) is 0.562. The maximum Gasteiger partial charge on any atom is 0.229 e. The molecule has 0 spiro atoms. The summed E-state index contributed by atoms with van der Waals surface area (Å²) in [5.41, 5.74) is 7.07. The lowest BCUT2D eigenvalue weighted by molar-refractivity contribution is -0.146. The number of benzene rings is 1. The highest BCUT2D eigenvalue weighted by molar-refractivity contribution is 5.85. The van der Waals surface area contributed by atoms with Gasteiger partial charge in [-0.15, -0.1) is 12.4 Å². The quantitative estimate of drug-likeness (QED) is 0.930. The molecule has 0 aromatic heterocycles. The van der Waals surface area contributed by atoms with E-state index in [-0.39, 0.29) is 23.9 Å². The predicted octanol–water partition coefficient (Wildman–Crippen LogP) is 2.38. The second-order valence-corrected chi connectivity index (χ2v) is 6.10. The summed E-state index contributed by atoms with van der Waals surface area (Å²) in [4.78, 5) is 14.8. The molecule has 1 aromatic carbocycles. The van der Waals surface area contributed by atoms with Crippen molar-refractivity contribution < 1.29 is 4.79 Å². The first-order valence-electron chi connectivity index (χ1n) is 7.28. The van der Waals surface area contributed by atoms with Crippen molar-refractivity contribution >= 4 is 18.3 Å². The molecule has 3 rings (SSSR count). The Kier molecular flexibility index (Phi) is 4.71. The Morgan fingerprint density at radius 1 is 1.30 bits per heavy atom. The molecule has 1 heterocycles. The number of halogens is 1. The third-order valence-corrected chi connectivity index (χ3v) is 4.66. The molecular formula is C16H23ClN2O. The molecular weight excluding hydrogens is 272 g/mol. The lowest BCUT2D eigenvalue weighted by Crippen LogP contribution is -2.49. The van der Waals surface area contributed by atoms with Gasteiger partial charge in [0.1, 0.15) is 0 Å². The molecule has 1 saturated carbocycles. The molecule has 1 saturated heterocycles. The van der Waals surface area contributed by atoms with E-state index in [1.54, 1.807) is 0 Å². The summed E-state index contributed by atoms with van der Waals surface area (Å²) in [6.07, 6.45) is 5.09. The second kappa shape index (κ2) is 6.15. The first kappa shape index (κ1) is 15.3. The summed E-state index contributed by atoms with van der Waals surface area (Å²) in [6, 6.07) is 10.6. The van der Waals surface area contributed by atoms with Crippen molar-refractivity contribution in [3.63, 3.8) is 0 Å². The average Bonchev–Trinajstić information content (AvgIpc) is 2.81. The number of likely N-dealkylation sites (tertiary alicyclic amines) is 1. The molecule has 1 amide bonds. The third-order valence-electron chi connectivity index (χ3n) is 4.66. The van der Waals surface area contributed by atoms with Crippen LogP contribution in [0.15, 0.2) is 30.3 Å². The average molecular weight is 295 g/mol. The maximum atomic E-state index is 12.8. The lowest BCUT2D eigenvalue weighted by Gasteiger charge is -2.43. The van der Waals surface area contributed by atoms with Gasteiger partial charge in [-0.1, -0.05) is 36.8 Å². The Labute approximate surface area is 126 Å². The molecule has 2 fully saturated rings. The number of nitrogens with two attached hydrogens (primary N) is 1. The van der Waals surface area contributed by atoms with Gasteiger partial charge in [-0.05, 0) is 31.2 Å². The SMILES string of the molecule is Cl.N[C@@H]1CCN(C(=O)C2(Cc3ccccc3)CCC2)C1. The summed E-state index contributed by atoms with van der Waals surface area (Å²) in [5, 5.41) is 0. The minimum Gasteiger partial charge on any atom is -0.341 e. The maximum absolute atomic E-state index is 12.8. The van der Waals surface area contributed by atoms with Crippen LogP contribution in [0.4, 0.5) is 0 Å². The number of rotatable bonds is 3. The largest absolute Gasteiger partial charge is 0.341 e. The highest BCUT2D eigenvalue weighted by Crippen LogP contribution is 2.45. The molecule has 0 unspecified atom stereocenters. The van der Waals surface area contributed by atoms with E-state index in [0.29, 0.717) is 5.91 Å². The van der Waals surface area contributed by atoms with Crippen LogP contribution in [0.2, 0.25) is 0 Å². The lowest BCUT2D eigenvalue weighted by atomic mass is 9.64. The number of carbonyl (C=O) groups excluding carboxylic acids is 1. The molecule has 2 N–H and O–H groups in total. The van der Waals surface area contributed by atoms with Crippen LogP contribution >= 0.6 is 12.4 Å². The van der Waals surface area contributed by atoms with Gasteiger partial charge >= 0.3 is 0 Å². The van der Waals surface area contributed by atoms with Crippen LogP contribution in [0.1, 0.15) is 31.2 Å². The highest BCUT2D eigenvalue weighted by Gasteiger charge is 2.46. The van der Waals surface area contributed by atoms with Crippen LogP contribution in [0.3, 0.4) is 0 Å². The molecule has 1 aliphatic carbocycles. The van der Waals surface area contributed by atoms with Crippen molar-refractivity contribution in [3.8, 4) is 0 Å². The van der Waals surface area contributed by atoms with Crippen LogP contribution in [0, 0.1) is 5.41 Å². The molecule has 1 aromatic rings. The Balaban J connectivity index is 0.00000147. The Bertz CT molecular complexity index is 459. The third kappa shape index (κ3) is 2.84. The van der Waals surface area contributed by atoms with Gasteiger partial charge in [0.25, 0.3) is 0 Å². The van der Waals surface area contributed by atoms with Crippen LogP contribution < -0.4 is 5.73 Å². The van der Waals surface area contributed by atoms with E-state index >= 15 is 0 Å². The highest BCUT2D eigenvalue weighted by atomic mass is 35.5. The van der Waals surface area contributed by atoms with Gasteiger partial charge in [0.2, 0.25) is 5.91 Å². The Morgan fingerprint density at radius 3 is 2.50 bits per heavy atom. The molecule has 2 aliphatic rings. The van der Waals surface area contributed by atoms with Gasteiger partial charge in [0.05, 0.1) is 5.41 Å². The Hall–Kier alpha value is -1.06. The van der Waals surface area contributed by atoms with E-state index in [9.17, 15) is 4.79 Å². The molecule has 4 heteroatoms. The van der Waals surface area contributed by atoms with Crippen molar-refractivity contribution in [3.05, 3.63) is 35.9 Å². The smallest absolute Gasteiger partial charge is 0.229 e. The predicted molar refractivity (Wildman–Crippen MR) is 82.9 cm³/mol. The van der Waals surface area contributed by atoms with Crippen LogP contribution in [-0.4, -0.2) is 29.9 Å². The van der Waals surface area contributed by atoms with E-state index in [0.717, 1.165) is 38.8 Å². The summed E-state index contributed by atoms with van der Waals surface area (Å²) in [7, 11) is 0. The normalized spacial score (nSPS) is 23.9. The molecule has 3 nitrogen and oxygen atoms in total. The standard InChI is InChI=1S/C16H22N2O.ClH/c17-14-7-10-18(12-14)15(19)16(8-4-9-16)11-13-5-2-1-3-6-13;/h1-3,5-6,14H,4,7-12,17H2;1H/t14-;/m1./s1. The molecule has 1 atom stereocenters. The molecule has 110 valence electrons. The number of hydrogen-bond donors (Lipinski definition) is 1. The summed E-state index contributed by atoms with van der Waals surface area (Å²) < 4.78 is 0. The number of carbonyl (C=O) groups is 1. The molecule has 0 bridgehead atoms. The molecule has 1 aliphatic heterocycles. The summed E-state index contributed by atoms with van der Waals surface area (Å²) in [5.74, 6) is 0.343. The minimum atomic E-state index is -0.134. The monoisotopic (exact) mass is 294 g/mol. The number of amides is 1. The molecule has 20 heavy (non-hydrogen) atoms. The number of nitrogens with zero attached hydrogens (tertiary/aromatic N) is 1. The van der Waals surface area contributed by atoms with Gasteiger partial charge in [-0.25, -0.2) is 0 Å². The zero-order valence-corrected chi connectivity index (χ0v) is 12.6. The zero-order valence-electron chi connectivity index (χ0n) is 11.8. The van der Waals surface area contributed by atoms with Crippen molar-refractivity contribution in [1.82, 2.24) is 4.90 Å². The first-order valence-corrected chi connectivity index (χ1v) is 7.28. The Morgan fingerprint density at radius 2 is 2.00 bits per heavy atom. The van der Waals surface area contributed by atoms with Crippen molar-refractivity contribution in [1.29, 1.82) is 0 Å². The van der Waals surface area contributed by atoms with E-state index < -0.39 is 0 Å². The fourth-order valence-electron chi connectivity index (χ4n) is 3.36. The van der Waals surface area contributed by atoms with Crippen LogP contribution in [0.5, 0.6) is 0 Å². The summed E-state index contributed by atoms with van der Waals surface area (Å²) >= 11 is 0. The minimum absolute atomic E-state index is 0. The van der Waals surface area contributed by atoms with Crippen molar-refractivity contribution in [2.45, 2.75) is 38.1 Å².